The first-order chi connectivity index (χ1) is 5.37. The third-order valence-electron chi connectivity index (χ3n) is 1.59. The van der Waals surface area contributed by atoms with Gasteiger partial charge in [0.05, 0.1) is 11.6 Å². The summed E-state index contributed by atoms with van der Waals surface area (Å²) in [5.41, 5.74) is 0. The lowest BCUT2D eigenvalue weighted by Gasteiger charge is -2.20. The van der Waals surface area contributed by atoms with E-state index in [1.165, 1.54) is 6.26 Å². The first-order valence-electron chi connectivity index (χ1n) is 3.84. The van der Waals surface area contributed by atoms with E-state index in [4.69, 9.17) is 5.41 Å². The molecule has 12 heavy (non-hydrogen) atoms. The second-order valence-electron chi connectivity index (χ2n) is 2.79. The third kappa shape index (κ3) is 5.12. The Morgan fingerprint density at radius 2 is 2.00 bits per heavy atom. The van der Waals surface area contributed by atoms with Crippen LogP contribution in [-0.2, 0) is 9.84 Å². The Labute approximate surface area is 74.0 Å². The van der Waals surface area contributed by atoms with Crippen LogP contribution in [0.2, 0.25) is 0 Å². The van der Waals surface area contributed by atoms with Crippen LogP contribution in [0.15, 0.2) is 0 Å². The van der Waals surface area contributed by atoms with Crippen molar-refractivity contribution in [2.45, 2.75) is 13.8 Å². The quantitative estimate of drug-likeness (QED) is 0.516. The number of rotatable bonds is 4. The van der Waals surface area contributed by atoms with Crippen LogP contribution >= 0.6 is 0 Å². The lowest BCUT2D eigenvalue weighted by molar-refractivity contribution is 0.458. The van der Waals surface area contributed by atoms with Gasteiger partial charge in [0, 0.05) is 19.3 Å². The van der Waals surface area contributed by atoms with Crippen molar-refractivity contribution in [2.24, 2.45) is 0 Å². The van der Waals surface area contributed by atoms with Gasteiger partial charge in [-0.05, 0) is 13.8 Å². The average molecular weight is 192 g/mol. The van der Waals surface area contributed by atoms with Crippen LogP contribution in [0, 0.1) is 5.41 Å². The predicted octanol–water partition coefficient (Wildman–Crippen LogP) is 0.350. The largest absolute Gasteiger partial charge is 0.360 e. The van der Waals surface area contributed by atoms with Gasteiger partial charge in [0.15, 0.2) is 0 Å². The van der Waals surface area contributed by atoms with Gasteiger partial charge in [-0.1, -0.05) is 0 Å². The second kappa shape index (κ2) is 4.45. The van der Waals surface area contributed by atoms with E-state index < -0.39 is 9.84 Å². The van der Waals surface area contributed by atoms with E-state index in [0.717, 1.165) is 0 Å². The van der Waals surface area contributed by atoms with Crippen LogP contribution in [-0.4, -0.2) is 44.3 Å². The van der Waals surface area contributed by atoms with E-state index in [0.29, 0.717) is 18.9 Å². The van der Waals surface area contributed by atoms with Crippen molar-refractivity contribution in [3.8, 4) is 0 Å². The van der Waals surface area contributed by atoms with Gasteiger partial charge in [-0.2, -0.15) is 0 Å². The van der Waals surface area contributed by atoms with E-state index in [-0.39, 0.29) is 5.75 Å². The maximum atomic E-state index is 10.8. The first kappa shape index (κ1) is 11.4. The van der Waals surface area contributed by atoms with Crippen molar-refractivity contribution in [1.82, 2.24) is 4.90 Å². The molecule has 0 aliphatic rings. The zero-order chi connectivity index (χ0) is 9.78. The molecule has 0 spiro atoms. The SMILES string of the molecule is CCN(CCS(C)(=O)=O)C(C)=N. The minimum Gasteiger partial charge on any atom is -0.360 e. The first-order valence-corrected chi connectivity index (χ1v) is 5.90. The summed E-state index contributed by atoms with van der Waals surface area (Å²) >= 11 is 0. The zero-order valence-corrected chi connectivity index (χ0v) is 8.61. The van der Waals surface area contributed by atoms with Gasteiger partial charge in [-0.25, -0.2) is 8.42 Å². The van der Waals surface area contributed by atoms with Gasteiger partial charge in [-0.15, -0.1) is 0 Å². The number of hydrogen-bond donors (Lipinski definition) is 1. The molecule has 0 saturated heterocycles. The molecule has 0 heterocycles. The summed E-state index contributed by atoms with van der Waals surface area (Å²) in [4.78, 5) is 1.72. The summed E-state index contributed by atoms with van der Waals surface area (Å²) in [5, 5.41) is 7.29. The van der Waals surface area contributed by atoms with Crippen molar-refractivity contribution >= 4 is 15.7 Å². The van der Waals surface area contributed by atoms with Crippen molar-refractivity contribution < 1.29 is 8.42 Å². The Bertz CT molecular complexity index is 246. The molecule has 0 unspecified atom stereocenters. The standard InChI is InChI=1S/C7H16N2O2S/c1-4-9(7(2)8)5-6-12(3,10)11/h8H,4-6H2,1-3H3. The molecule has 5 heteroatoms. The number of nitrogens with one attached hydrogen (secondary N) is 1. The highest BCUT2D eigenvalue weighted by atomic mass is 32.2. The fraction of sp³-hybridized carbons (Fsp3) is 0.857. The fourth-order valence-corrected chi connectivity index (χ4v) is 1.39. The van der Waals surface area contributed by atoms with E-state index in [9.17, 15) is 8.42 Å². The topological polar surface area (TPSA) is 61.2 Å². The van der Waals surface area contributed by atoms with E-state index >= 15 is 0 Å². The number of hydrogen-bond acceptors (Lipinski definition) is 3. The summed E-state index contributed by atoms with van der Waals surface area (Å²) < 4.78 is 21.6. The smallest absolute Gasteiger partial charge is 0.149 e. The fourth-order valence-electron chi connectivity index (χ4n) is 0.839. The minimum absolute atomic E-state index is 0.122. The zero-order valence-electron chi connectivity index (χ0n) is 7.79. The summed E-state index contributed by atoms with van der Waals surface area (Å²) in [7, 11) is -2.90. The van der Waals surface area contributed by atoms with Crippen LogP contribution in [0.4, 0.5) is 0 Å². The maximum absolute atomic E-state index is 10.8. The molecule has 72 valence electrons. The molecule has 0 atom stereocenters. The Balaban J connectivity index is 3.98. The monoisotopic (exact) mass is 192 g/mol. The molecule has 0 fully saturated rings. The van der Waals surface area contributed by atoms with Gasteiger partial charge in [-0.3, -0.25) is 5.41 Å². The molecule has 1 N–H and O–H groups in total. The van der Waals surface area contributed by atoms with Crippen LogP contribution < -0.4 is 0 Å². The van der Waals surface area contributed by atoms with Gasteiger partial charge in [0.1, 0.15) is 9.84 Å². The molecule has 0 radical (unpaired) electrons. The molecule has 0 aliphatic carbocycles. The highest BCUT2D eigenvalue weighted by molar-refractivity contribution is 7.90. The van der Waals surface area contributed by atoms with Gasteiger partial charge in [0.25, 0.3) is 0 Å². The molecular formula is C7H16N2O2S. The molecule has 0 amide bonds. The molecule has 0 aromatic rings. The molecule has 0 aliphatic heterocycles. The number of amidine groups is 1. The molecule has 4 nitrogen and oxygen atoms in total. The van der Waals surface area contributed by atoms with Crippen molar-refractivity contribution in [1.29, 1.82) is 5.41 Å². The highest BCUT2D eigenvalue weighted by Gasteiger charge is 2.07. The Hall–Kier alpha value is -0.580. The number of nitrogens with zero attached hydrogens (tertiary/aromatic N) is 1. The lowest BCUT2D eigenvalue weighted by atomic mass is 10.5. The van der Waals surface area contributed by atoms with E-state index in [1.807, 2.05) is 6.92 Å². The van der Waals surface area contributed by atoms with Crippen LogP contribution in [0.1, 0.15) is 13.8 Å². The van der Waals surface area contributed by atoms with Crippen LogP contribution in [0.25, 0.3) is 0 Å². The average Bonchev–Trinajstić information content (AvgIpc) is 1.85. The molecule has 0 bridgehead atoms. The summed E-state index contributed by atoms with van der Waals surface area (Å²) in [6, 6.07) is 0. The van der Waals surface area contributed by atoms with E-state index in [2.05, 4.69) is 0 Å². The predicted molar refractivity (Wildman–Crippen MR) is 50.4 cm³/mol. The second-order valence-corrected chi connectivity index (χ2v) is 5.05. The minimum atomic E-state index is -2.90. The van der Waals surface area contributed by atoms with Gasteiger partial charge < -0.3 is 4.90 Å². The van der Waals surface area contributed by atoms with Crippen molar-refractivity contribution in [2.75, 3.05) is 25.1 Å². The molecule has 0 saturated carbocycles. The van der Waals surface area contributed by atoms with Crippen molar-refractivity contribution in [3.05, 3.63) is 0 Å². The normalized spacial score (nSPS) is 11.2. The van der Waals surface area contributed by atoms with Gasteiger partial charge in [0.2, 0.25) is 0 Å². The van der Waals surface area contributed by atoms with Crippen LogP contribution in [0.5, 0.6) is 0 Å². The summed E-state index contributed by atoms with van der Waals surface area (Å²) in [5.74, 6) is 0.540. The van der Waals surface area contributed by atoms with Gasteiger partial charge >= 0.3 is 0 Å². The Kier molecular flexibility index (Phi) is 4.23. The summed E-state index contributed by atoms with van der Waals surface area (Å²) in [6.07, 6.45) is 1.21. The molecule has 0 aromatic carbocycles. The third-order valence-corrected chi connectivity index (χ3v) is 2.51. The highest BCUT2D eigenvalue weighted by Crippen LogP contribution is 1.91. The number of sulfone groups is 1. The Morgan fingerprint density at radius 1 is 1.50 bits per heavy atom. The van der Waals surface area contributed by atoms with Crippen molar-refractivity contribution in [3.63, 3.8) is 0 Å². The summed E-state index contributed by atoms with van der Waals surface area (Å²) in [6.45, 7) is 4.67. The molecular weight excluding hydrogens is 176 g/mol. The lowest BCUT2D eigenvalue weighted by Crippen LogP contribution is -2.32. The maximum Gasteiger partial charge on any atom is 0.149 e. The molecule has 0 aromatic heterocycles. The van der Waals surface area contributed by atoms with Crippen LogP contribution in [0.3, 0.4) is 0 Å². The van der Waals surface area contributed by atoms with E-state index in [1.54, 1.807) is 11.8 Å². The Morgan fingerprint density at radius 3 is 2.25 bits per heavy atom. The molecule has 0 rings (SSSR count).